The summed E-state index contributed by atoms with van der Waals surface area (Å²) in [6.07, 6.45) is -1.30. The Balaban J connectivity index is 2.00. The molecule has 0 unspecified atom stereocenters. The summed E-state index contributed by atoms with van der Waals surface area (Å²) < 4.78 is 74.4. The Bertz CT molecular complexity index is 1160. The zero-order valence-corrected chi connectivity index (χ0v) is 27.3. The summed E-state index contributed by atoms with van der Waals surface area (Å²) in [5.41, 5.74) is 2.10. The molecule has 0 spiro atoms. The highest BCUT2D eigenvalue weighted by atomic mass is 35.5. The van der Waals surface area contributed by atoms with Gasteiger partial charge in [0.15, 0.2) is 12.9 Å². The Labute approximate surface area is 269 Å². The minimum absolute atomic E-state index is 0.113. The van der Waals surface area contributed by atoms with Crippen molar-refractivity contribution in [1.82, 2.24) is 0 Å². The van der Waals surface area contributed by atoms with Gasteiger partial charge in [0, 0.05) is 37.5 Å². The molecule has 45 heavy (non-hydrogen) atoms. The highest BCUT2D eigenvalue weighted by molar-refractivity contribution is 6.31. The maximum Gasteiger partial charge on any atom is 0.422 e. The number of ether oxygens (including phenoxy) is 6. The van der Waals surface area contributed by atoms with Crippen LogP contribution in [0.5, 0.6) is 5.75 Å². The molecule has 1 saturated heterocycles. The number of alkyl halides is 3. The Morgan fingerprint density at radius 1 is 0.889 bits per heavy atom. The van der Waals surface area contributed by atoms with Gasteiger partial charge in [0.2, 0.25) is 5.79 Å². The molecule has 2 aromatic rings. The van der Waals surface area contributed by atoms with Crippen LogP contribution in [-0.4, -0.2) is 70.4 Å². The monoisotopic (exact) mass is 658 g/mol. The van der Waals surface area contributed by atoms with Crippen LogP contribution in [0.1, 0.15) is 76.0 Å². The fourth-order valence-corrected chi connectivity index (χ4v) is 5.39. The number of hydrogen-bond acceptors (Lipinski definition) is 7. The third-order valence-corrected chi connectivity index (χ3v) is 8.02. The maximum absolute atomic E-state index is 12.6. The Kier molecular flexibility index (Phi) is 15.1. The van der Waals surface area contributed by atoms with Gasteiger partial charge in [-0.2, -0.15) is 13.2 Å². The fraction of sp³-hybridized carbons (Fsp3) is 0.618. The average molecular weight is 659 g/mol. The van der Waals surface area contributed by atoms with E-state index in [1.54, 1.807) is 24.3 Å². The second kappa shape index (κ2) is 18.2. The van der Waals surface area contributed by atoms with Gasteiger partial charge < -0.3 is 33.2 Å². The Morgan fingerprint density at radius 2 is 1.49 bits per heavy atom. The lowest BCUT2D eigenvalue weighted by molar-refractivity contribution is -0.370. The van der Waals surface area contributed by atoms with E-state index >= 15 is 0 Å². The number of unbranched alkanes of at least 4 members (excludes halogenated alkanes) is 3. The van der Waals surface area contributed by atoms with Crippen LogP contribution in [0.25, 0.3) is 0 Å². The maximum atomic E-state index is 12.6. The highest BCUT2D eigenvalue weighted by Crippen LogP contribution is 2.44. The molecular weight excluding hydrogens is 613 g/mol. The van der Waals surface area contributed by atoms with Crippen LogP contribution in [0.15, 0.2) is 42.5 Å². The van der Waals surface area contributed by atoms with Gasteiger partial charge in [0.05, 0.1) is 0 Å². The smallest absolute Gasteiger partial charge is 0.422 e. The summed E-state index contributed by atoms with van der Waals surface area (Å²) in [6.45, 7) is 6.14. The van der Waals surface area contributed by atoms with Gasteiger partial charge in [-0.05, 0) is 61.1 Å². The molecule has 1 heterocycles. The minimum atomic E-state index is -4.42. The Hall–Kier alpha value is -2.21. The molecule has 0 N–H and O–H groups in total. The summed E-state index contributed by atoms with van der Waals surface area (Å²) >= 11 is 6.64. The van der Waals surface area contributed by atoms with Crippen molar-refractivity contribution >= 4 is 17.9 Å². The predicted molar refractivity (Wildman–Crippen MR) is 166 cm³/mol. The van der Waals surface area contributed by atoms with Gasteiger partial charge in [-0.15, -0.1) is 0 Å². The zero-order chi connectivity index (χ0) is 32.9. The number of halogens is 4. The second-order valence-corrected chi connectivity index (χ2v) is 11.6. The van der Waals surface area contributed by atoms with Crippen molar-refractivity contribution in [2.75, 3.05) is 33.5 Å². The summed E-state index contributed by atoms with van der Waals surface area (Å²) in [5, 5.41) is 0.477. The summed E-state index contributed by atoms with van der Waals surface area (Å²) in [6, 6.07) is 11.7. The SMILES string of the molecule is CCCCO[C@H]1[C@H](OCCCC)[C@@H](C=O)O[C@@](OC)(c2ccc(Cl)c(Cc3ccc(OCC(F)(F)F)cc3)c2)[C@@H]1OCCCC. The molecule has 7 nitrogen and oxygen atoms in total. The number of aldehydes is 1. The zero-order valence-electron chi connectivity index (χ0n) is 26.6. The van der Waals surface area contributed by atoms with Crippen molar-refractivity contribution in [3.8, 4) is 5.75 Å². The van der Waals surface area contributed by atoms with Gasteiger partial charge >= 0.3 is 6.18 Å². The number of rotatable bonds is 19. The molecule has 0 aliphatic carbocycles. The van der Waals surface area contributed by atoms with E-state index in [0.29, 0.717) is 36.8 Å². The highest BCUT2D eigenvalue weighted by Gasteiger charge is 2.58. The molecule has 0 aromatic heterocycles. The van der Waals surface area contributed by atoms with Crippen molar-refractivity contribution in [2.24, 2.45) is 0 Å². The van der Waals surface area contributed by atoms with Crippen LogP contribution in [0.3, 0.4) is 0 Å². The molecule has 252 valence electrons. The van der Waals surface area contributed by atoms with Crippen molar-refractivity contribution in [2.45, 2.75) is 102 Å². The molecule has 0 bridgehead atoms. The largest absolute Gasteiger partial charge is 0.484 e. The summed E-state index contributed by atoms with van der Waals surface area (Å²) in [5.74, 6) is -1.42. The van der Waals surface area contributed by atoms with E-state index in [9.17, 15) is 18.0 Å². The normalized spacial score (nSPS) is 23.6. The van der Waals surface area contributed by atoms with Gasteiger partial charge in [-0.1, -0.05) is 69.8 Å². The average Bonchev–Trinajstić information content (AvgIpc) is 3.02. The van der Waals surface area contributed by atoms with Gasteiger partial charge in [-0.25, -0.2) is 0 Å². The van der Waals surface area contributed by atoms with E-state index in [2.05, 4.69) is 20.8 Å². The van der Waals surface area contributed by atoms with E-state index in [1.165, 1.54) is 19.2 Å². The van der Waals surface area contributed by atoms with Crippen molar-refractivity contribution in [3.63, 3.8) is 0 Å². The number of hydrogen-bond donors (Lipinski definition) is 0. The molecule has 1 aliphatic heterocycles. The lowest BCUT2D eigenvalue weighted by atomic mass is 9.86. The van der Waals surface area contributed by atoms with E-state index in [0.717, 1.165) is 55.9 Å². The molecule has 11 heteroatoms. The standard InChI is InChI=1S/C34H46ClF3O7/c1-5-8-17-41-30-29(22-39)45-34(40-4,32(43-19-10-7-3)31(30)42-18-9-6-2)26-13-16-28(35)25(21-26)20-24-11-14-27(15-12-24)44-23-33(36,37)38/h11-16,21-22,29-32H,5-10,17-20,23H2,1-4H3/t29-,30-,31+,32-,34+/m1/s1. The van der Waals surface area contributed by atoms with Crippen LogP contribution in [-0.2, 0) is 40.7 Å². The third kappa shape index (κ3) is 10.4. The molecule has 0 saturated carbocycles. The lowest BCUT2D eigenvalue weighted by Crippen LogP contribution is -2.66. The van der Waals surface area contributed by atoms with Crippen LogP contribution >= 0.6 is 11.6 Å². The van der Waals surface area contributed by atoms with Gasteiger partial charge in [-0.3, -0.25) is 0 Å². The number of benzene rings is 2. The molecule has 1 fully saturated rings. The first-order valence-electron chi connectivity index (χ1n) is 15.7. The van der Waals surface area contributed by atoms with Crippen molar-refractivity contribution in [1.29, 1.82) is 0 Å². The summed E-state index contributed by atoms with van der Waals surface area (Å²) in [4.78, 5) is 12.5. The van der Waals surface area contributed by atoms with Gasteiger partial charge in [0.1, 0.15) is 30.2 Å². The molecule has 5 atom stereocenters. The molecule has 2 aromatic carbocycles. The third-order valence-electron chi connectivity index (χ3n) is 7.65. The van der Waals surface area contributed by atoms with E-state index in [4.69, 9.17) is 40.0 Å². The van der Waals surface area contributed by atoms with Crippen molar-refractivity contribution in [3.05, 3.63) is 64.2 Å². The van der Waals surface area contributed by atoms with E-state index in [1.807, 2.05) is 6.07 Å². The first kappa shape index (κ1) is 37.2. The molecule has 0 amide bonds. The molecule has 1 aliphatic rings. The number of carbonyl (C=O) groups is 1. The topological polar surface area (TPSA) is 72.5 Å². The quantitative estimate of drug-likeness (QED) is 0.113. The second-order valence-electron chi connectivity index (χ2n) is 11.1. The van der Waals surface area contributed by atoms with E-state index in [-0.39, 0.29) is 5.75 Å². The molecule has 0 radical (unpaired) electrons. The summed E-state index contributed by atoms with van der Waals surface area (Å²) in [7, 11) is 1.51. The van der Waals surface area contributed by atoms with Crippen LogP contribution in [0.4, 0.5) is 13.2 Å². The van der Waals surface area contributed by atoms with Crippen LogP contribution in [0, 0.1) is 0 Å². The first-order chi connectivity index (χ1) is 21.6. The van der Waals surface area contributed by atoms with E-state index < -0.39 is 43.0 Å². The molecular formula is C34H46ClF3O7. The fourth-order valence-electron chi connectivity index (χ4n) is 5.21. The lowest BCUT2D eigenvalue weighted by Gasteiger charge is -2.51. The van der Waals surface area contributed by atoms with Crippen LogP contribution < -0.4 is 4.74 Å². The van der Waals surface area contributed by atoms with Gasteiger partial charge in [0.25, 0.3) is 0 Å². The minimum Gasteiger partial charge on any atom is -0.484 e. The van der Waals surface area contributed by atoms with Crippen molar-refractivity contribution < 1.29 is 46.4 Å². The predicted octanol–water partition coefficient (Wildman–Crippen LogP) is 7.82. The Morgan fingerprint density at radius 3 is 2.04 bits per heavy atom. The first-order valence-corrected chi connectivity index (χ1v) is 16.1. The number of methoxy groups -OCH3 is 1. The number of carbonyl (C=O) groups excluding carboxylic acids is 1. The molecule has 3 rings (SSSR count). The van der Waals surface area contributed by atoms with Crippen LogP contribution in [0.2, 0.25) is 5.02 Å².